The number of hydrogen-bond donors (Lipinski definition) is 0. The van der Waals surface area contributed by atoms with Gasteiger partial charge in [0, 0.05) is 16.1 Å². The van der Waals surface area contributed by atoms with Gasteiger partial charge in [0.05, 0.1) is 11.6 Å². The van der Waals surface area contributed by atoms with Gasteiger partial charge in [-0.15, -0.1) is 11.6 Å². The fourth-order valence-electron chi connectivity index (χ4n) is 1.54. The van der Waals surface area contributed by atoms with E-state index in [-0.39, 0.29) is 17.5 Å². The maximum absolute atomic E-state index is 13.6. The first kappa shape index (κ1) is 12.7. The Bertz CT molecular complexity index is 504. The summed E-state index contributed by atoms with van der Waals surface area (Å²) in [6, 6.07) is 6.19. The van der Waals surface area contributed by atoms with Gasteiger partial charge >= 0.3 is 0 Å². The van der Waals surface area contributed by atoms with Gasteiger partial charge in [-0.1, -0.05) is 17.7 Å². The van der Waals surface area contributed by atoms with Crippen molar-refractivity contribution in [1.82, 2.24) is 0 Å². The molecule has 0 amide bonds. The first-order valence-corrected chi connectivity index (χ1v) is 6.08. The minimum atomic E-state index is -0.476. The Morgan fingerprint density at radius 3 is 2.59 bits per heavy atom. The Kier molecular flexibility index (Phi) is 3.97. The van der Waals surface area contributed by atoms with Gasteiger partial charge in [-0.05, 0) is 36.2 Å². The average Bonchev–Trinajstić information content (AvgIpc) is 2.70. The molecular weight excluding hydrogens is 285 g/mol. The van der Waals surface area contributed by atoms with Crippen molar-refractivity contribution in [2.24, 2.45) is 0 Å². The summed E-state index contributed by atoms with van der Waals surface area (Å²) in [6.45, 7) is 0. The Hall–Kier alpha value is -0.700. The second-order valence-electron chi connectivity index (χ2n) is 3.52. The van der Waals surface area contributed by atoms with Gasteiger partial charge in [0.1, 0.15) is 5.82 Å². The van der Waals surface area contributed by atoms with Gasteiger partial charge < -0.3 is 4.42 Å². The van der Waals surface area contributed by atoms with Crippen molar-refractivity contribution in [3.63, 3.8) is 0 Å². The molecule has 1 aromatic carbocycles. The minimum absolute atomic E-state index is 0.220. The lowest BCUT2D eigenvalue weighted by molar-refractivity contribution is 0.564. The van der Waals surface area contributed by atoms with Crippen LogP contribution < -0.4 is 0 Å². The summed E-state index contributed by atoms with van der Waals surface area (Å²) in [7, 11) is 0. The first-order chi connectivity index (χ1) is 8.09. The monoisotopic (exact) mass is 292 g/mol. The Morgan fingerprint density at radius 1 is 1.24 bits per heavy atom. The molecule has 1 heterocycles. The summed E-state index contributed by atoms with van der Waals surface area (Å²) in [5.41, 5.74) is 1.01. The molecule has 0 saturated heterocycles. The number of halogens is 4. The number of hydrogen-bond acceptors (Lipinski definition) is 1. The molecule has 0 fully saturated rings. The highest BCUT2D eigenvalue weighted by Crippen LogP contribution is 2.33. The predicted molar refractivity (Wildman–Crippen MR) is 67.4 cm³/mol. The third-order valence-electron chi connectivity index (χ3n) is 2.43. The van der Waals surface area contributed by atoms with Crippen molar-refractivity contribution in [3.05, 3.63) is 57.7 Å². The molecule has 1 atom stereocenters. The van der Waals surface area contributed by atoms with Crippen LogP contribution >= 0.6 is 34.8 Å². The zero-order valence-electron chi connectivity index (χ0n) is 8.59. The minimum Gasteiger partial charge on any atom is -0.453 e. The summed E-state index contributed by atoms with van der Waals surface area (Å²) < 4.78 is 18.5. The molecule has 1 unspecified atom stereocenters. The third kappa shape index (κ3) is 2.76. The zero-order chi connectivity index (χ0) is 12.4. The second kappa shape index (κ2) is 5.30. The van der Waals surface area contributed by atoms with Crippen LogP contribution in [-0.4, -0.2) is 0 Å². The van der Waals surface area contributed by atoms with Crippen LogP contribution in [0.5, 0.6) is 0 Å². The maximum atomic E-state index is 13.6. The van der Waals surface area contributed by atoms with Gasteiger partial charge in [-0.25, -0.2) is 4.39 Å². The van der Waals surface area contributed by atoms with Crippen LogP contribution in [-0.2, 0) is 6.42 Å². The van der Waals surface area contributed by atoms with E-state index in [0.29, 0.717) is 16.1 Å². The zero-order valence-corrected chi connectivity index (χ0v) is 10.9. The summed E-state index contributed by atoms with van der Waals surface area (Å²) in [4.78, 5) is 0. The van der Waals surface area contributed by atoms with Crippen LogP contribution in [0.15, 0.2) is 34.9 Å². The molecule has 0 aliphatic rings. The van der Waals surface area contributed by atoms with E-state index in [1.807, 2.05) is 0 Å². The van der Waals surface area contributed by atoms with E-state index < -0.39 is 5.38 Å². The Balaban J connectivity index is 2.25. The van der Waals surface area contributed by atoms with Crippen LogP contribution in [0.4, 0.5) is 4.39 Å². The molecule has 90 valence electrons. The van der Waals surface area contributed by atoms with E-state index in [4.69, 9.17) is 39.2 Å². The molecule has 0 saturated carbocycles. The predicted octanol–water partition coefficient (Wildman–Crippen LogP) is 5.25. The quantitative estimate of drug-likeness (QED) is 0.705. The van der Waals surface area contributed by atoms with E-state index in [0.717, 1.165) is 0 Å². The van der Waals surface area contributed by atoms with Crippen LogP contribution in [0.1, 0.15) is 16.5 Å². The van der Waals surface area contributed by atoms with Crippen LogP contribution in [0.3, 0.4) is 0 Å². The van der Waals surface area contributed by atoms with Gasteiger partial charge in [0.15, 0.2) is 5.22 Å². The van der Waals surface area contributed by atoms with Crippen molar-refractivity contribution >= 4 is 34.8 Å². The van der Waals surface area contributed by atoms with Gasteiger partial charge in [-0.3, -0.25) is 0 Å². The molecule has 17 heavy (non-hydrogen) atoms. The highest BCUT2D eigenvalue weighted by atomic mass is 35.5. The van der Waals surface area contributed by atoms with Crippen molar-refractivity contribution in [2.75, 3.05) is 0 Å². The molecular formula is C12H8Cl3FO. The number of furan rings is 1. The van der Waals surface area contributed by atoms with E-state index in [9.17, 15) is 4.39 Å². The van der Waals surface area contributed by atoms with Gasteiger partial charge in [0.2, 0.25) is 0 Å². The van der Waals surface area contributed by atoms with Crippen LogP contribution in [0.25, 0.3) is 0 Å². The average molecular weight is 294 g/mol. The smallest absolute Gasteiger partial charge is 0.197 e. The number of benzene rings is 1. The van der Waals surface area contributed by atoms with Gasteiger partial charge in [0.25, 0.3) is 0 Å². The lowest BCUT2D eigenvalue weighted by Crippen LogP contribution is -1.99. The summed E-state index contributed by atoms with van der Waals surface area (Å²) >= 11 is 17.9. The van der Waals surface area contributed by atoms with E-state index in [1.54, 1.807) is 18.2 Å². The molecule has 0 N–H and O–H groups in total. The molecule has 2 aromatic rings. The van der Waals surface area contributed by atoms with Crippen LogP contribution in [0.2, 0.25) is 10.2 Å². The van der Waals surface area contributed by atoms with Gasteiger partial charge in [-0.2, -0.15) is 0 Å². The Labute approximate surface area is 113 Å². The highest BCUT2D eigenvalue weighted by Gasteiger charge is 2.18. The lowest BCUT2D eigenvalue weighted by Gasteiger charge is -2.10. The largest absolute Gasteiger partial charge is 0.453 e. The molecule has 0 radical (unpaired) electrons. The summed E-state index contributed by atoms with van der Waals surface area (Å²) in [5, 5.41) is 0.100. The Morgan fingerprint density at radius 2 is 2.00 bits per heavy atom. The van der Waals surface area contributed by atoms with Crippen molar-refractivity contribution in [3.8, 4) is 0 Å². The first-order valence-electron chi connectivity index (χ1n) is 4.89. The van der Waals surface area contributed by atoms with E-state index >= 15 is 0 Å². The van der Waals surface area contributed by atoms with Crippen molar-refractivity contribution in [1.29, 1.82) is 0 Å². The molecule has 0 aliphatic carbocycles. The SMILES string of the molecule is Fc1cccc(Cl)c1CC(Cl)c1ccoc1Cl. The summed E-state index contributed by atoms with van der Waals surface area (Å²) in [6.07, 6.45) is 1.70. The normalized spacial score (nSPS) is 12.7. The van der Waals surface area contributed by atoms with E-state index in [2.05, 4.69) is 0 Å². The lowest BCUT2D eigenvalue weighted by atomic mass is 10.1. The third-order valence-corrected chi connectivity index (χ3v) is 3.48. The second-order valence-corrected chi connectivity index (χ2v) is 4.80. The molecule has 0 bridgehead atoms. The fourth-order valence-corrected chi connectivity index (χ4v) is 2.41. The molecule has 1 nitrogen and oxygen atoms in total. The van der Waals surface area contributed by atoms with Crippen LogP contribution in [0, 0.1) is 5.82 Å². The molecule has 0 aliphatic heterocycles. The van der Waals surface area contributed by atoms with Crippen molar-refractivity contribution < 1.29 is 8.81 Å². The molecule has 0 spiro atoms. The maximum Gasteiger partial charge on any atom is 0.197 e. The fraction of sp³-hybridized carbons (Fsp3) is 0.167. The standard InChI is InChI=1S/C12H8Cl3FO/c13-9-2-1-3-11(16)8(9)6-10(14)7-4-5-17-12(7)15/h1-5,10H,6H2. The van der Waals surface area contributed by atoms with Crippen molar-refractivity contribution in [2.45, 2.75) is 11.8 Å². The summed E-state index contributed by atoms with van der Waals surface area (Å²) in [5.74, 6) is -0.372. The van der Waals surface area contributed by atoms with E-state index in [1.165, 1.54) is 12.3 Å². The molecule has 5 heteroatoms. The highest BCUT2D eigenvalue weighted by molar-refractivity contribution is 6.32. The molecule has 1 aromatic heterocycles. The topological polar surface area (TPSA) is 13.1 Å². The molecule has 2 rings (SSSR count). The number of rotatable bonds is 3. The number of alkyl halides is 1.